The van der Waals surface area contributed by atoms with Crippen molar-refractivity contribution in [1.82, 2.24) is 30.8 Å². The number of ether oxygens (including phenoxy) is 1. The number of amides is 3. The molecule has 1 unspecified atom stereocenters. The van der Waals surface area contributed by atoms with Crippen LogP contribution in [0.1, 0.15) is 46.0 Å². The highest BCUT2D eigenvalue weighted by molar-refractivity contribution is 7.15. The van der Waals surface area contributed by atoms with Gasteiger partial charge in [0.15, 0.2) is 10.1 Å². The van der Waals surface area contributed by atoms with Gasteiger partial charge in [-0.2, -0.15) is 0 Å². The second-order valence-electron chi connectivity index (χ2n) is 10.0. The van der Waals surface area contributed by atoms with Gasteiger partial charge in [-0.15, -0.1) is 0 Å². The molecule has 202 valence electrons. The Labute approximate surface area is 229 Å². The predicted octanol–water partition coefficient (Wildman–Crippen LogP) is 2.80. The quantitative estimate of drug-likeness (QED) is 0.353. The Morgan fingerprint density at radius 2 is 1.92 bits per heavy atom. The molecular formula is C26H31ClN6O4S. The predicted molar refractivity (Wildman–Crippen MR) is 146 cm³/mol. The first-order valence-corrected chi connectivity index (χ1v) is 13.9. The van der Waals surface area contributed by atoms with Crippen molar-refractivity contribution in [1.29, 1.82) is 0 Å². The van der Waals surface area contributed by atoms with E-state index in [2.05, 4.69) is 25.9 Å². The van der Waals surface area contributed by atoms with Crippen molar-refractivity contribution in [2.75, 3.05) is 27.2 Å². The van der Waals surface area contributed by atoms with Gasteiger partial charge in [-0.3, -0.25) is 14.4 Å². The van der Waals surface area contributed by atoms with Crippen LogP contribution < -0.4 is 20.7 Å². The summed E-state index contributed by atoms with van der Waals surface area (Å²) in [5.74, 6) is -0.869. The number of nitrogens with one attached hydrogen (secondary N) is 4. The highest BCUT2D eigenvalue weighted by Gasteiger charge is 2.37. The van der Waals surface area contributed by atoms with Crippen LogP contribution in [0.2, 0.25) is 5.02 Å². The zero-order chi connectivity index (χ0) is 26.8. The summed E-state index contributed by atoms with van der Waals surface area (Å²) in [5, 5.41) is 11.7. The Balaban J connectivity index is 1.29. The van der Waals surface area contributed by atoms with Gasteiger partial charge in [-0.05, 0) is 56.5 Å². The number of fused-ring (bicyclic) bond motifs is 1. The van der Waals surface area contributed by atoms with Crippen LogP contribution in [0.5, 0.6) is 5.06 Å². The van der Waals surface area contributed by atoms with Crippen molar-refractivity contribution in [3.8, 4) is 5.06 Å². The fourth-order valence-corrected chi connectivity index (χ4v) is 6.02. The number of carbonyl (C=O) groups excluding carboxylic acids is 3. The van der Waals surface area contributed by atoms with Gasteiger partial charge in [0.1, 0.15) is 11.8 Å². The minimum absolute atomic E-state index is 0.0108. The maximum Gasteiger partial charge on any atom is 0.280 e. The van der Waals surface area contributed by atoms with Gasteiger partial charge < -0.3 is 30.6 Å². The topological polar surface area (TPSA) is 128 Å². The van der Waals surface area contributed by atoms with E-state index in [-0.39, 0.29) is 40.8 Å². The number of carbonyl (C=O) groups is 3. The van der Waals surface area contributed by atoms with E-state index in [1.54, 1.807) is 43.4 Å². The number of nitrogens with zero attached hydrogens (tertiary/aromatic N) is 2. The van der Waals surface area contributed by atoms with Crippen LogP contribution in [-0.2, 0) is 4.79 Å². The second kappa shape index (κ2) is 11.3. The molecule has 4 N–H and O–H groups in total. The van der Waals surface area contributed by atoms with Crippen LogP contribution in [0, 0.1) is 5.92 Å². The fourth-order valence-electron chi connectivity index (χ4n) is 5.11. The van der Waals surface area contributed by atoms with Crippen LogP contribution in [-0.4, -0.2) is 78.0 Å². The lowest BCUT2D eigenvalue weighted by Gasteiger charge is -2.37. The summed E-state index contributed by atoms with van der Waals surface area (Å²) in [6.45, 7) is 1.68. The molecule has 4 atom stereocenters. The Hall–Kier alpha value is -3.15. The molecule has 0 radical (unpaired) electrons. The third-order valence-electron chi connectivity index (χ3n) is 7.08. The molecule has 2 fully saturated rings. The summed E-state index contributed by atoms with van der Waals surface area (Å²) >= 11 is 7.28. The molecule has 3 heterocycles. The van der Waals surface area contributed by atoms with Gasteiger partial charge in [0, 0.05) is 48.5 Å². The molecule has 1 saturated heterocycles. The lowest BCUT2D eigenvalue weighted by atomic mass is 9.81. The van der Waals surface area contributed by atoms with Gasteiger partial charge in [-0.1, -0.05) is 22.9 Å². The van der Waals surface area contributed by atoms with E-state index in [1.807, 2.05) is 6.07 Å². The summed E-state index contributed by atoms with van der Waals surface area (Å²) in [7, 11) is 3.45. The lowest BCUT2D eigenvalue weighted by molar-refractivity contribution is -0.134. The molecular weight excluding hydrogens is 528 g/mol. The SMILES string of the molecule is CN(C)C(=O)[C@H]1CC[C@H](NC(=O)c2cc3cc(Cl)ccc3[nH]2)[C@@H](NC(=O)c2ncc(OC3CCNC3)s2)C1. The summed E-state index contributed by atoms with van der Waals surface area (Å²) in [6, 6.07) is 6.33. The first kappa shape index (κ1) is 26.5. The largest absolute Gasteiger partial charge is 0.478 e. The Kier molecular flexibility index (Phi) is 7.87. The number of hydrogen-bond acceptors (Lipinski definition) is 7. The van der Waals surface area contributed by atoms with Crippen molar-refractivity contribution in [2.45, 2.75) is 43.9 Å². The molecule has 38 heavy (non-hydrogen) atoms. The highest BCUT2D eigenvalue weighted by Crippen LogP contribution is 2.29. The van der Waals surface area contributed by atoms with E-state index in [4.69, 9.17) is 16.3 Å². The number of aromatic amines is 1. The van der Waals surface area contributed by atoms with E-state index in [0.717, 1.165) is 30.4 Å². The van der Waals surface area contributed by atoms with Gasteiger partial charge >= 0.3 is 0 Å². The van der Waals surface area contributed by atoms with Crippen molar-refractivity contribution in [2.24, 2.45) is 5.92 Å². The molecule has 1 aliphatic heterocycles. The minimum atomic E-state index is -0.444. The number of rotatable bonds is 7. The number of aromatic nitrogens is 2. The monoisotopic (exact) mass is 558 g/mol. The lowest BCUT2D eigenvalue weighted by Crippen LogP contribution is -2.56. The van der Waals surface area contributed by atoms with Crippen molar-refractivity contribution < 1.29 is 19.1 Å². The van der Waals surface area contributed by atoms with E-state index < -0.39 is 6.04 Å². The summed E-state index contributed by atoms with van der Waals surface area (Å²) in [5.41, 5.74) is 1.21. The normalized spacial score (nSPS) is 23.2. The van der Waals surface area contributed by atoms with E-state index in [1.165, 1.54) is 11.3 Å². The molecule has 1 aromatic carbocycles. The van der Waals surface area contributed by atoms with Crippen molar-refractivity contribution in [3.05, 3.63) is 46.2 Å². The smallest absolute Gasteiger partial charge is 0.280 e. The molecule has 3 aromatic rings. The molecule has 0 bridgehead atoms. The third kappa shape index (κ3) is 5.95. The molecule has 1 aliphatic carbocycles. The van der Waals surface area contributed by atoms with Crippen molar-refractivity contribution >= 4 is 51.6 Å². The maximum atomic E-state index is 13.2. The summed E-state index contributed by atoms with van der Waals surface area (Å²) < 4.78 is 5.92. The standard InChI is InChI=1S/C26H31ClN6O4S/c1-33(2)26(36)14-3-5-19(31-23(34)21-11-15-9-16(27)4-6-18(15)30-21)20(10-14)32-24(35)25-29-13-22(38-25)37-17-7-8-28-12-17/h4,6,9,11,13-14,17,19-20,28,30H,3,5,7-8,10,12H2,1-2H3,(H,31,34)(H,32,35)/t14-,17?,19-,20-/m0/s1. The summed E-state index contributed by atoms with van der Waals surface area (Å²) in [4.78, 5) is 48.0. The molecule has 0 spiro atoms. The summed E-state index contributed by atoms with van der Waals surface area (Å²) in [6.07, 6.45) is 4.13. The van der Waals surface area contributed by atoms with Crippen LogP contribution in [0.4, 0.5) is 0 Å². The average Bonchev–Trinajstić information content (AvgIpc) is 3.66. The van der Waals surface area contributed by atoms with Crippen LogP contribution in [0.25, 0.3) is 10.9 Å². The molecule has 12 heteroatoms. The number of thiazole rings is 1. The van der Waals surface area contributed by atoms with Crippen LogP contribution in [0.3, 0.4) is 0 Å². The first-order valence-electron chi connectivity index (χ1n) is 12.7. The van der Waals surface area contributed by atoms with Gasteiger partial charge in [0.05, 0.1) is 12.2 Å². The molecule has 2 aliphatic rings. The number of benzene rings is 1. The van der Waals surface area contributed by atoms with E-state index in [0.29, 0.717) is 35.0 Å². The molecule has 10 nitrogen and oxygen atoms in total. The van der Waals surface area contributed by atoms with Crippen molar-refractivity contribution in [3.63, 3.8) is 0 Å². The number of H-pyrrole nitrogens is 1. The van der Waals surface area contributed by atoms with Gasteiger partial charge in [-0.25, -0.2) is 4.98 Å². The second-order valence-corrected chi connectivity index (χ2v) is 11.5. The van der Waals surface area contributed by atoms with Crippen LogP contribution >= 0.6 is 22.9 Å². The first-order chi connectivity index (χ1) is 18.3. The Bertz CT molecular complexity index is 1330. The molecule has 3 amide bonds. The maximum absolute atomic E-state index is 13.2. The van der Waals surface area contributed by atoms with Gasteiger partial charge in [0.2, 0.25) is 5.91 Å². The van der Waals surface area contributed by atoms with Gasteiger partial charge in [0.25, 0.3) is 11.8 Å². The molecule has 5 rings (SSSR count). The number of halogens is 1. The highest BCUT2D eigenvalue weighted by atomic mass is 35.5. The molecule has 2 aromatic heterocycles. The van der Waals surface area contributed by atoms with E-state index in [9.17, 15) is 14.4 Å². The number of hydrogen-bond donors (Lipinski definition) is 4. The molecule has 1 saturated carbocycles. The Morgan fingerprint density at radius 3 is 2.68 bits per heavy atom. The average molecular weight is 559 g/mol. The zero-order valence-corrected chi connectivity index (χ0v) is 22.8. The Morgan fingerprint density at radius 1 is 1.11 bits per heavy atom. The van der Waals surface area contributed by atoms with Crippen LogP contribution in [0.15, 0.2) is 30.5 Å². The van der Waals surface area contributed by atoms with E-state index >= 15 is 0 Å². The third-order valence-corrected chi connectivity index (χ3v) is 8.20. The minimum Gasteiger partial charge on any atom is -0.478 e. The zero-order valence-electron chi connectivity index (χ0n) is 21.3. The fraction of sp³-hybridized carbons (Fsp3) is 0.462.